The van der Waals surface area contributed by atoms with Crippen molar-refractivity contribution in [1.29, 1.82) is 0 Å². The van der Waals surface area contributed by atoms with Crippen molar-refractivity contribution in [2.45, 2.75) is 43.4 Å². The molecule has 0 aliphatic heterocycles. The quantitative estimate of drug-likeness (QED) is 0.766. The summed E-state index contributed by atoms with van der Waals surface area (Å²) in [4.78, 5) is 17.3. The van der Waals surface area contributed by atoms with Gasteiger partial charge in [0.25, 0.3) is 0 Å². The van der Waals surface area contributed by atoms with Gasteiger partial charge in [-0.15, -0.1) is 11.6 Å². The van der Waals surface area contributed by atoms with E-state index in [2.05, 4.69) is 10.3 Å². The van der Waals surface area contributed by atoms with E-state index in [0.29, 0.717) is 17.0 Å². The highest BCUT2D eigenvalue weighted by Gasteiger charge is 2.60. The summed E-state index contributed by atoms with van der Waals surface area (Å²) in [5.74, 6) is 0.938. The molecule has 1 aromatic carbocycles. The molecule has 0 radical (unpaired) electrons. The highest BCUT2D eigenvalue weighted by Crippen LogP contribution is 2.64. The molecule has 0 saturated heterocycles. The van der Waals surface area contributed by atoms with E-state index in [4.69, 9.17) is 11.6 Å². The fourth-order valence-corrected chi connectivity index (χ4v) is 7.18. The summed E-state index contributed by atoms with van der Waals surface area (Å²) in [6, 6.07) is 4.50. The second-order valence-electron chi connectivity index (χ2n) is 7.98. The van der Waals surface area contributed by atoms with Crippen molar-refractivity contribution in [2.24, 2.45) is 17.3 Å². The van der Waals surface area contributed by atoms with Crippen LogP contribution in [0.3, 0.4) is 0 Å². The summed E-state index contributed by atoms with van der Waals surface area (Å²) in [5, 5.41) is 3.57. The van der Waals surface area contributed by atoms with E-state index in [9.17, 15) is 9.18 Å². The Labute approximate surface area is 148 Å². The van der Waals surface area contributed by atoms with Crippen LogP contribution < -0.4 is 5.32 Å². The van der Waals surface area contributed by atoms with Crippen molar-refractivity contribution in [3.8, 4) is 0 Å². The van der Waals surface area contributed by atoms with Crippen molar-refractivity contribution in [3.63, 3.8) is 0 Å². The van der Waals surface area contributed by atoms with Crippen molar-refractivity contribution in [3.05, 3.63) is 24.0 Å². The van der Waals surface area contributed by atoms with Gasteiger partial charge in [-0.3, -0.25) is 4.79 Å². The largest absolute Gasteiger partial charge is 0.301 e. The number of thiazole rings is 1. The molecule has 4 aliphatic carbocycles. The Morgan fingerprint density at radius 1 is 1.29 bits per heavy atom. The Morgan fingerprint density at radius 2 is 2.04 bits per heavy atom. The first kappa shape index (κ1) is 15.1. The number of carbonyl (C=O) groups is 1. The summed E-state index contributed by atoms with van der Waals surface area (Å²) in [6.45, 7) is 0. The number of benzene rings is 1. The number of halogens is 2. The highest BCUT2D eigenvalue weighted by atomic mass is 35.5. The van der Waals surface area contributed by atoms with Crippen molar-refractivity contribution < 1.29 is 9.18 Å². The van der Waals surface area contributed by atoms with E-state index in [1.807, 2.05) is 0 Å². The third-order valence-corrected chi connectivity index (χ3v) is 7.42. The average molecular weight is 365 g/mol. The molecule has 0 spiro atoms. The van der Waals surface area contributed by atoms with Crippen molar-refractivity contribution in [1.82, 2.24) is 4.98 Å². The van der Waals surface area contributed by atoms with E-state index in [-0.39, 0.29) is 22.0 Å². The number of rotatable bonds is 2. The summed E-state index contributed by atoms with van der Waals surface area (Å²) in [6.07, 6.45) is 6.01. The Balaban J connectivity index is 1.43. The molecular formula is C18H18ClFN2OS. The first-order valence-corrected chi connectivity index (χ1v) is 9.69. The molecule has 4 saturated carbocycles. The second kappa shape index (κ2) is 4.92. The maximum absolute atomic E-state index is 13.3. The predicted octanol–water partition coefficient (Wildman–Crippen LogP) is 4.95. The van der Waals surface area contributed by atoms with Crippen molar-refractivity contribution in [2.75, 3.05) is 5.32 Å². The monoisotopic (exact) mass is 364 g/mol. The van der Waals surface area contributed by atoms with E-state index in [1.54, 1.807) is 6.07 Å². The van der Waals surface area contributed by atoms with E-state index in [0.717, 1.165) is 42.3 Å². The van der Waals surface area contributed by atoms with E-state index >= 15 is 0 Å². The number of hydrogen-bond acceptors (Lipinski definition) is 3. The molecule has 4 fully saturated rings. The lowest BCUT2D eigenvalue weighted by Crippen LogP contribution is -2.57. The number of carbonyl (C=O) groups excluding carboxylic acids is 1. The van der Waals surface area contributed by atoms with Crippen LogP contribution in [0, 0.1) is 23.1 Å². The van der Waals surface area contributed by atoms with Gasteiger partial charge in [0.05, 0.1) is 15.6 Å². The van der Waals surface area contributed by atoms with Gasteiger partial charge in [-0.1, -0.05) is 11.3 Å². The smallest absolute Gasteiger partial charge is 0.232 e. The molecule has 3 nitrogen and oxygen atoms in total. The third kappa shape index (κ3) is 2.28. The number of nitrogens with one attached hydrogen (secondary N) is 1. The van der Waals surface area contributed by atoms with Crippen LogP contribution in [-0.4, -0.2) is 15.8 Å². The minimum absolute atomic E-state index is 0.0566. The van der Waals surface area contributed by atoms with Gasteiger partial charge in [-0.25, -0.2) is 9.37 Å². The summed E-state index contributed by atoms with van der Waals surface area (Å²) < 4.78 is 14.1. The standard InChI is InChI=1S/C18H18ClFN2OS/c19-18-7-10-3-11(8-18)6-17(5-10,9-18)15(23)22-16-21-13-2-1-12(20)4-14(13)24-16/h1-2,4,10-11H,3,5-9H2,(H,21,22,23). The first-order chi connectivity index (χ1) is 11.4. The van der Waals surface area contributed by atoms with Crippen molar-refractivity contribution >= 4 is 44.2 Å². The normalized spacial score (nSPS) is 37.1. The molecule has 126 valence electrons. The zero-order valence-corrected chi connectivity index (χ0v) is 14.7. The Morgan fingerprint density at radius 3 is 2.75 bits per heavy atom. The summed E-state index contributed by atoms with van der Waals surface area (Å²) in [5.41, 5.74) is 0.380. The van der Waals surface area contributed by atoms with Crippen LogP contribution in [0.1, 0.15) is 38.5 Å². The maximum Gasteiger partial charge on any atom is 0.232 e. The van der Waals surface area contributed by atoms with E-state index in [1.165, 1.54) is 29.9 Å². The lowest BCUT2D eigenvalue weighted by Gasteiger charge is -2.59. The lowest BCUT2D eigenvalue weighted by atomic mass is 9.49. The van der Waals surface area contributed by atoms with Gasteiger partial charge < -0.3 is 5.32 Å². The molecule has 6 heteroatoms. The number of alkyl halides is 1. The topological polar surface area (TPSA) is 42.0 Å². The molecule has 6 rings (SSSR count). The fourth-order valence-electron chi connectivity index (χ4n) is 5.60. The SMILES string of the molecule is O=C(Nc1nc2ccc(F)cc2s1)C12CC3CC(CC(Cl)(C3)C1)C2. The van der Waals surface area contributed by atoms with Gasteiger partial charge in [0.1, 0.15) is 5.82 Å². The van der Waals surface area contributed by atoms with Crippen LogP contribution in [0.5, 0.6) is 0 Å². The molecular weight excluding hydrogens is 347 g/mol. The van der Waals surface area contributed by atoms with Crippen LogP contribution in [0.25, 0.3) is 10.2 Å². The highest BCUT2D eigenvalue weighted by molar-refractivity contribution is 7.22. The molecule has 4 bridgehead atoms. The van der Waals surface area contributed by atoms with Gasteiger partial charge in [-0.05, 0) is 68.6 Å². The van der Waals surface area contributed by atoms with Gasteiger partial charge in [0.15, 0.2) is 5.13 Å². The number of anilines is 1. The minimum Gasteiger partial charge on any atom is -0.301 e. The molecule has 1 N–H and O–H groups in total. The molecule has 2 unspecified atom stereocenters. The molecule has 1 heterocycles. The summed E-state index contributed by atoms with van der Waals surface area (Å²) in [7, 11) is 0. The minimum atomic E-state index is -0.338. The number of amides is 1. The van der Waals surface area contributed by atoms with Crippen LogP contribution in [0.15, 0.2) is 18.2 Å². The number of hydrogen-bond donors (Lipinski definition) is 1. The lowest BCUT2D eigenvalue weighted by molar-refractivity contribution is -0.138. The molecule has 2 aromatic rings. The molecule has 2 atom stereocenters. The Bertz CT molecular complexity index is 837. The Hall–Kier alpha value is -1.20. The summed E-state index contributed by atoms with van der Waals surface area (Å²) >= 11 is 8.14. The molecule has 24 heavy (non-hydrogen) atoms. The van der Waals surface area contributed by atoms with E-state index < -0.39 is 0 Å². The van der Waals surface area contributed by atoms with Crippen LogP contribution in [-0.2, 0) is 4.79 Å². The first-order valence-electron chi connectivity index (χ1n) is 8.50. The fraction of sp³-hybridized carbons (Fsp3) is 0.556. The zero-order valence-electron chi connectivity index (χ0n) is 13.1. The molecule has 1 aromatic heterocycles. The second-order valence-corrected chi connectivity index (χ2v) is 9.81. The van der Waals surface area contributed by atoms with Gasteiger partial charge in [-0.2, -0.15) is 0 Å². The number of fused-ring (bicyclic) bond motifs is 1. The predicted molar refractivity (Wildman–Crippen MR) is 93.9 cm³/mol. The van der Waals surface area contributed by atoms with Crippen LogP contribution in [0.2, 0.25) is 0 Å². The number of nitrogens with zero attached hydrogens (tertiary/aromatic N) is 1. The zero-order chi connectivity index (χ0) is 16.5. The van der Waals surface area contributed by atoms with Gasteiger partial charge >= 0.3 is 0 Å². The molecule has 4 aliphatic rings. The van der Waals surface area contributed by atoms with Crippen LogP contribution >= 0.6 is 22.9 Å². The maximum atomic E-state index is 13.3. The van der Waals surface area contributed by atoms with Gasteiger partial charge in [0.2, 0.25) is 5.91 Å². The third-order valence-electron chi connectivity index (χ3n) is 6.04. The van der Waals surface area contributed by atoms with Crippen LogP contribution in [0.4, 0.5) is 9.52 Å². The number of aromatic nitrogens is 1. The average Bonchev–Trinajstić information content (AvgIpc) is 2.85. The molecule has 1 amide bonds. The Kier molecular flexibility index (Phi) is 3.09. The van der Waals surface area contributed by atoms with Gasteiger partial charge in [0, 0.05) is 4.87 Å².